The lowest BCUT2D eigenvalue weighted by atomic mass is 9.98. The smallest absolute Gasteiger partial charge is 0.437 e. The normalized spacial score (nSPS) is 17.8. The molecule has 0 spiro atoms. The number of piperidine rings is 1. The minimum absolute atomic E-state index is 0.457. The fraction of sp³-hybridized carbons (Fsp3) is 0.889. The fourth-order valence-corrected chi connectivity index (χ4v) is 3.67. The van der Waals surface area contributed by atoms with Gasteiger partial charge in [-0.2, -0.15) is 0 Å². The zero-order valence-electron chi connectivity index (χ0n) is 15.7. The molecule has 1 aliphatic rings. The van der Waals surface area contributed by atoms with E-state index in [1.807, 2.05) is 0 Å². The molecule has 0 aromatic carbocycles. The Balaban J connectivity index is 2.35. The molecule has 5 nitrogen and oxygen atoms in total. The monoisotopic (exact) mass is 358 g/mol. The van der Waals surface area contributed by atoms with Gasteiger partial charge in [-0.1, -0.05) is 51.8 Å². The highest BCUT2D eigenvalue weighted by atomic mass is 32.2. The van der Waals surface area contributed by atoms with Crippen LogP contribution < -0.4 is 5.32 Å². The minimum Gasteiger partial charge on any atom is -0.473 e. The van der Waals surface area contributed by atoms with Gasteiger partial charge in [0.1, 0.15) is 0 Å². The zero-order valence-corrected chi connectivity index (χ0v) is 16.5. The maximum absolute atomic E-state index is 11.5. The molecule has 1 saturated heterocycles. The van der Waals surface area contributed by atoms with Gasteiger partial charge in [0.15, 0.2) is 0 Å². The van der Waals surface area contributed by atoms with Crippen molar-refractivity contribution in [1.82, 2.24) is 5.32 Å². The van der Waals surface area contributed by atoms with Crippen molar-refractivity contribution in [2.45, 2.75) is 64.5 Å². The lowest BCUT2D eigenvalue weighted by molar-refractivity contribution is 0.181. The third-order valence-electron chi connectivity index (χ3n) is 4.23. The lowest BCUT2D eigenvalue weighted by Gasteiger charge is -2.22. The number of hydrogen-bond donors (Lipinski definition) is 1. The van der Waals surface area contributed by atoms with E-state index in [0.717, 1.165) is 38.3 Å². The number of amides is 1. The van der Waals surface area contributed by atoms with E-state index in [1.165, 1.54) is 26.4 Å². The Morgan fingerprint density at radius 2 is 1.92 bits per heavy atom. The number of hydrogen-bond acceptors (Lipinski definition) is 5. The molecule has 0 bridgehead atoms. The number of ether oxygens (including phenoxy) is 2. The van der Waals surface area contributed by atoms with Crippen molar-refractivity contribution >= 4 is 23.1 Å². The number of aliphatic imine (C=N–C) groups is 1. The summed E-state index contributed by atoms with van der Waals surface area (Å²) in [5, 5.41) is 4.26. The van der Waals surface area contributed by atoms with Gasteiger partial charge in [0.2, 0.25) is 0 Å². The van der Waals surface area contributed by atoms with Crippen molar-refractivity contribution in [2.75, 3.05) is 26.8 Å². The molecule has 1 rings (SSSR count). The molecule has 0 aromatic rings. The largest absolute Gasteiger partial charge is 0.473 e. The predicted octanol–water partition coefficient (Wildman–Crippen LogP) is 4.46. The molecular formula is C18H34N2O3S. The molecule has 140 valence electrons. The van der Waals surface area contributed by atoms with Gasteiger partial charge in [-0.05, 0) is 44.2 Å². The summed E-state index contributed by atoms with van der Waals surface area (Å²) in [6.07, 6.45) is 6.32. The predicted molar refractivity (Wildman–Crippen MR) is 102 cm³/mol. The number of rotatable bonds is 8. The van der Waals surface area contributed by atoms with Crippen LogP contribution in [0, 0.1) is 11.8 Å². The third kappa shape index (κ3) is 10.2. The average Bonchev–Trinajstić information content (AvgIpc) is 2.55. The molecule has 0 saturated carbocycles. The Morgan fingerprint density at radius 1 is 1.21 bits per heavy atom. The van der Waals surface area contributed by atoms with Gasteiger partial charge in [0.25, 0.3) is 5.23 Å². The van der Waals surface area contributed by atoms with Crippen LogP contribution in [0.1, 0.15) is 59.3 Å². The average molecular weight is 359 g/mol. The minimum atomic E-state index is -0.587. The van der Waals surface area contributed by atoms with Crippen molar-refractivity contribution in [3.05, 3.63) is 0 Å². The Morgan fingerprint density at radius 3 is 2.54 bits per heavy atom. The van der Waals surface area contributed by atoms with Crippen LogP contribution in [0.15, 0.2) is 4.99 Å². The highest BCUT2D eigenvalue weighted by molar-refractivity contribution is 8.14. The summed E-state index contributed by atoms with van der Waals surface area (Å²) in [4.78, 5) is 15.4. The summed E-state index contributed by atoms with van der Waals surface area (Å²) in [7, 11) is 1.34. The molecule has 6 heteroatoms. The maximum atomic E-state index is 11.5. The summed E-state index contributed by atoms with van der Waals surface area (Å²) in [6.45, 7) is 9.42. The number of thioether (sulfide) groups is 1. The van der Waals surface area contributed by atoms with E-state index in [4.69, 9.17) is 4.74 Å². The van der Waals surface area contributed by atoms with Gasteiger partial charge in [-0.15, -0.1) is 4.99 Å². The molecule has 1 heterocycles. The Bertz CT molecular complexity index is 382. The second-order valence-electron chi connectivity index (χ2n) is 6.98. The fourth-order valence-electron chi connectivity index (χ4n) is 2.64. The quantitative estimate of drug-likeness (QED) is 0.513. The first-order valence-corrected chi connectivity index (χ1v) is 10.1. The van der Waals surface area contributed by atoms with Crippen molar-refractivity contribution in [1.29, 1.82) is 0 Å². The van der Waals surface area contributed by atoms with Crippen molar-refractivity contribution in [2.24, 2.45) is 16.8 Å². The van der Waals surface area contributed by atoms with E-state index in [9.17, 15) is 4.79 Å². The first-order chi connectivity index (χ1) is 11.5. The molecule has 1 N–H and O–H groups in total. The van der Waals surface area contributed by atoms with E-state index >= 15 is 0 Å². The number of nitrogens with one attached hydrogen (secondary N) is 1. The van der Waals surface area contributed by atoms with Gasteiger partial charge >= 0.3 is 6.09 Å². The van der Waals surface area contributed by atoms with E-state index in [0.29, 0.717) is 23.0 Å². The van der Waals surface area contributed by atoms with Crippen LogP contribution in [0.5, 0.6) is 0 Å². The summed E-state index contributed by atoms with van der Waals surface area (Å²) >= 11 is 1.57. The van der Waals surface area contributed by atoms with Crippen LogP contribution in [-0.2, 0) is 9.47 Å². The van der Waals surface area contributed by atoms with Crippen LogP contribution in [-0.4, -0.2) is 43.4 Å². The number of nitrogens with zero attached hydrogens (tertiary/aromatic N) is 1. The summed E-state index contributed by atoms with van der Waals surface area (Å²) in [5.74, 6) is 1.40. The third-order valence-corrected chi connectivity index (χ3v) is 5.44. The maximum Gasteiger partial charge on any atom is 0.437 e. The Hall–Kier alpha value is -0.750. The number of carbonyl (C=O) groups excluding carboxylic acids is 1. The number of carbonyl (C=O) groups is 1. The van der Waals surface area contributed by atoms with Crippen molar-refractivity contribution < 1.29 is 14.3 Å². The SMILES string of the molecule is COC(=O)N=C(OCCC(C)CCCC(C)C)SC1CCNCC1. The Labute approximate surface area is 151 Å². The molecule has 1 atom stereocenters. The lowest BCUT2D eigenvalue weighted by Crippen LogP contribution is -2.30. The molecule has 0 aromatic heterocycles. The summed E-state index contributed by atoms with van der Waals surface area (Å²) in [6, 6.07) is 0. The molecule has 1 aliphatic heterocycles. The van der Waals surface area contributed by atoms with Gasteiger partial charge in [-0.3, -0.25) is 0 Å². The second-order valence-corrected chi connectivity index (χ2v) is 8.23. The molecular weight excluding hydrogens is 324 g/mol. The van der Waals surface area contributed by atoms with Crippen molar-refractivity contribution in [3.63, 3.8) is 0 Å². The number of methoxy groups -OCH3 is 1. The second kappa shape index (κ2) is 12.6. The molecule has 1 unspecified atom stereocenters. The van der Waals surface area contributed by atoms with E-state index in [2.05, 4.69) is 35.8 Å². The van der Waals surface area contributed by atoms with Crippen LogP contribution >= 0.6 is 11.8 Å². The summed E-state index contributed by atoms with van der Waals surface area (Å²) < 4.78 is 10.4. The first-order valence-electron chi connectivity index (χ1n) is 9.18. The molecule has 0 radical (unpaired) electrons. The van der Waals surface area contributed by atoms with Crippen LogP contribution in [0.4, 0.5) is 4.79 Å². The van der Waals surface area contributed by atoms with Gasteiger partial charge < -0.3 is 14.8 Å². The summed E-state index contributed by atoms with van der Waals surface area (Å²) in [5.41, 5.74) is 0. The van der Waals surface area contributed by atoms with Crippen LogP contribution in [0.25, 0.3) is 0 Å². The molecule has 0 aliphatic carbocycles. The standard InChI is InChI=1S/C18H34N2O3S/c1-14(2)6-5-7-15(3)10-13-23-18(20-17(21)22-4)24-16-8-11-19-12-9-16/h14-16,19H,5-13H2,1-4H3. The van der Waals surface area contributed by atoms with Crippen molar-refractivity contribution in [3.8, 4) is 0 Å². The van der Waals surface area contributed by atoms with Gasteiger partial charge in [0, 0.05) is 5.25 Å². The van der Waals surface area contributed by atoms with Crippen LogP contribution in [0.3, 0.4) is 0 Å². The van der Waals surface area contributed by atoms with Crippen LogP contribution in [0.2, 0.25) is 0 Å². The van der Waals surface area contributed by atoms with Gasteiger partial charge in [0.05, 0.1) is 13.7 Å². The first kappa shape index (κ1) is 21.3. The zero-order chi connectivity index (χ0) is 17.8. The highest BCUT2D eigenvalue weighted by Crippen LogP contribution is 2.23. The molecule has 1 fully saturated rings. The molecule has 24 heavy (non-hydrogen) atoms. The molecule has 1 amide bonds. The Kier molecular flexibility index (Phi) is 11.2. The van der Waals surface area contributed by atoms with E-state index in [1.54, 1.807) is 11.8 Å². The van der Waals surface area contributed by atoms with Gasteiger partial charge in [-0.25, -0.2) is 4.79 Å². The highest BCUT2D eigenvalue weighted by Gasteiger charge is 2.18. The van der Waals surface area contributed by atoms with E-state index < -0.39 is 6.09 Å². The van der Waals surface area contributed by atoms with E-state index in [-0.39, 0.29) is 0 Å². The topological polar surface area (TPSA) is 59.9 Å².